The second-order valence-corrected chi connectivity index (χ2v) is 6.41. The Morgan fingerprint density at radius 1 is 0.926 bits per heavy atom. The van der Waals surface area contributed by atoms with Gasteiger partial charge in [0.2, 0.25) is 0 Å². The molecular formula is C20H15BrN4O2. The van der Waals surface area contributed by atoms with Crippen molar-refractivity contribution in [2.24, 2.45) is 5.10 Å². The van der Waals surface area contributed by atoms with Crippen LogP contribution in [0.2, 0.25) is 0 Å². The molecule has 2 amide bonds. The molecule has 0 atom stereocenters. The molecule has 0 saturated carbocycles. The molecule has 0 aliphatic heterocycles. The van der Waals surface area contributed by atoms with Crippen molar-refractivity contribution in [2.45, 2.75) is 0 Å². The van der Waals surface area contributed by atoms with E-state index in [4.69, 9.17) is 0 Å². The average molecular weight is 423 g/mol. The van der Waals surface area contributed by atoms with Crippen molar-refractivity contribution in [1.29, 1.82) is 0 Å². The largest absolute Gasteiger partial charge is 0.322 e. The number of hydrazone groups is 1. The first-order valence-electron chi connectivity index (χ1n) is 8.03. The summed E-state index contributed by atoms with van der Waals surface area (Å²) < 4.78 is 0.944. The highest BCUT2D eigenvalue weighted by Gasteiger charge is 2.06. The molecule has 0 aliphatic carbocycles. The molecule has 0 aliphatic rings. The van der Waals surface area contributed by atoms with E-state index >= 15 is 0 Å². The van der Waals surface area contributed by atoms with Crippen LogP contribution in [0, 0.1) is 0 Å². The molecule has 0 fully saturated rings. The summed E-state index contributed by atoms with van der Waals surface area (Å²) >= 11 is 3.35. The molecule has 0 bridgehead atoms. The van der Waals surface area contributed by atoms with Crippen LogP contribution in [0.5, 0.6) is 0 Å². The molecule has 1 aromatic heterocycles. The molecule has 0 radical (unpaired) electrons. The van der Waals surface area contributed by atoms with Crippen molar-refractivity contribution in [3.8, 4) is 0 Å². The van der Waals surface area contributed by atoms with Crippen LogP contribution >= 0.6 is 15.9 Å². The van der Waals surface area contributed by atoms with Crippen LogP contribution in [-0.2, 0) is 0 Å². The number of amides is 2. The van der Waals surface area contributed by atoms with Crippen LogP contribution < -0.4 is 10.7 Å². The predicted molar refractivity (Wildman–Crippen MR) is 108 cm³/mol. The number of halogens is 1. The van der Waals surface area contributed by atoms with Gasteiger partial charge in [0.1, 0.15) is 5.69 Å². The summed E-state index contributed by atoms with van der Waals surface area (Å²) in [6, 6.07) is 19.3. The molecular weight excluding hydrogens is 408 g/mol. The molecule has 3 rings (SSSR count). The van der Waals surface area contributed by atoms with E-state index in [1.807, 2.05) is 24.3 Å². The first kappa shape index (κ1) is 18.5. The van der Waals surface area contributed by atoms with Crippen LogP contribution in [0.25, 0.3) is 0 Å². The summed E-state index contributed by atoms with van der Waals surface area (Å²) in [7, 11) is 0. The molecule has 0 unspecified atom stereocenters. The number of nitrogens with one attached hydrogen (secondary N) is 2. The minimum absolute atomic E-state index is 0.204. The van der Waals surface area contributed by atoms with Crippen LogP contribution in [0.3, 0.4) is 0 Å². The maximum Gasteiger partial charge on any atom is 0.289 e. The zero-order valence-corrected chi connectivity index (χ0v) is 15.7. The molecule has 2 N–H and O–H groups in total. The van der Waals surface area contributed by atoms with E-state index in [0.717, 1.165) is 10.0 Å². The van der Waals surface area contributed by atoms with Crippen molar-refractivity contribution in [3.63, 3.8) is 0 Å². The monoisotopic (exact) mass is 422 g/mol. The van der Waals surface area contributed by atoms with Gasteiger partial charge in [-0.2, -0.15) is 5.10 Å². The normalized spacial score (nSPS) is 10.6. The van der Waals surface area contributed by atoms with E-state index in [9.17, 15) is 9.59 Å². The van der Waals surface area contributed by atoms with Crippen molar-refractivity contribution in [3.05, 3.63) is 94.2 Å². The third-order valence-electron chi connectivity index (χ3n) is 3.55. The Morgan fingerprint density at radius 2 is 1.67 bits per heavy atom. The van der Waals surface area contributed by atoms with Gasteiger partial charge in [0, 0.05) is 21.9 Å². The maximum atomic E-state index is 12.3. The third-order valence-corrected chi connectivity index (χ3v) is 4.08. The van der Waals surface area contributed by atoms with Gasteiger partial charge in [0.15, 0.2) is 0 Å². The molecule has 7 heteroatoms. The van der Waals surface area contributed by atoms with E-state index in [-0.39, 0.29) is 11.6 Å². The fourth-order valence-corrected chi connectivity index (χ4v) is 2.44. The average Bonchev–Trinajstić information content (AvgIpc) is 2.71. The number of pyridine rings is 1. The Kier molecular flexibility index (Phi) is 6.06. The standard InChI is InChI=1S/C20H15BrN4O2/c21-16-8-10-17(11-9-16)24-19(26)15-6-4-14(5-7-15)13-23-25-20(27)18-3-1-2-12-22-18/h1-13H,(H,24,26)(H,25,27)/b23-13+. The maximum absolute atomic E-state index is 12.3. The second-order valence-electron chi connectivity index (χ2n) is 5.50. The van der Waals surface area contributed by atoms with Gasteiger partial charge in [-0.15, -0.1) is 0 Å². The number of aromatic nitrogens is 1. The number of hydrogen-bond donors (Lipinski definition) is 2. The Balaban J connectivity index is 1.57. The summed E-state index contributed by atoms with van der Waals surface area (Å²) in [6.07, 6.45) is 3.04. The molecule has 6 nitrogen and oxygen atoms in total. The fraction of sp³-hybridized carbons (Fsp3) is 0. The quantitative estimate of drug-likeness (QED) is 0.483. The summed E-state index contributed by atoms with van der Waals surface area (Å²) in [6.45, 7) is 0. The van der Waals surface area contributed by atoms with Gasteiger partial charge in [-0.05, 0) is 54.1 Å². The van der Waals surface area contributed by atoms with Gasteiger partial charge in [-0.3, -0.25) is 14.6 Å². The lowest BCUT2D eigenvalue weighted by molar-refractivity contribution is 0.0949. The van der Waals surface area contributed by atoms with Gasteiger partial charge < -0.3 is 5.32 Å². The van der Waals surface area contributed by atoms with E-state index in [1.54, 1.807) is 42.5 Å². The number of anilines is 1. The van der Waals surface area contributed by atoms with Crippen LogP contribution in [0.4, 0.5) is 5.69 Å². The fourth-order valence-electron chi connectivity index (χ4n) is 2.18. The Morgan fingerprint density at radius 3 is 2.33 bits per heavy atom. The lowest BCUT2D eigenvalue weighted by atomic mass is 10.1. The minimum Gasteiger partial charge on any atom is -0.322 e. The Hall–Kier alpha value is -3.32. The molecule has 2 aromatic carbocycles. The molecule has 134 valence electrons. The zero-order chi connectivity index (χ0) is 19.1. The van der Waals surface area contributed by atoms with Gasteiger partial charge in [0.25, 0.3) is 11.8 Å². The molecule has 0 spiro atoms. The van der Waals surface area contributed by atoms with Gasteiger partial charge >= 0.3 is 0 Å². The summed E-state index contributed by atoms with van der Waals surface area (Å²) in [4.78, 5) is 28.0. The second kappa shape index (κ2) is 8.86. The summed E-state index contributed by atoms with van der Waals surface area (Å²) in [5.74, 6) is -0.596. The van der Waals surface area contributed by atoms with Crippen molar-refractivity contribution >= 4 is 39.6 Å². The lowest BCUT2D eigenvalue weighted by Gasteiger charge is -2.05. The first-order valence-corrected chi connectivity index (χ1v) is 8.82. The van der Waals surface area contributed by atoms with E-state index in [0.29, 0.717) is 11.3 Å². The van der Waals surface area contributed by atoms with E-state index < -0.39 is 5.91 Å². The van der Waals surface area contributed by atoms with Gasteiger partial charge in [-0.25, -0.2) is 5.43 Å². The highest BCUT2D eigenvalue weighted by atomic mass is 79.9. The highest BCUT2D eigenvalue weighted by Crippen LogP contribution is 2.15. The zero-order valence-electron chi connectivity index (χ0n) is 14.1. The van der Waals surface area contributed by atoms with Gasteiger partial charge in [-0.1, -0.05) is 34.1 Å². The smallest absolute Gasteiger partial charge is 0.289 e. The van der Waals surface area contributed by atoms with Crippen molar-refractivity contribution in [1.82, 2.24) is 10.4 Å². The number of hydrogen-bond acceptors (Lipinski definition) is 4. The minimum atomic E-state index is -0.391. The van der Waals surface area contributed by atoms with Crippen LogP contribution in [0.1, 0.15) is 26.4 Å². The SMILES string of the molecule is O=C(Nc1ccc(Br)cc1)c1ccc(/C=N/NC(=O)c2ccccn2)cc1. The molecule has 0 saturated heterocycles. The third kappa shape index (κ3) is 5.32. The predicted octanol–water partition coefficient (Wildman–Crippen LogP) is 3.86. The highest BCUT2D eigenvalue weighted by molar-refractivity contribution is 9.10. The van der Waals surface area contributed by atoms with Gasteiger partial charge in [0.05, 0.1) is 6.21 Å². The van der Waals surface area contributed by atoms with E-state index in [2.05, 4.69) is 36.8 Å². The molecule has 27 heavy (non-hydrogen) atoms. The number of carbonyl (C=O) groups is 2. The van der Waals surface area contributed by atoms with Crippen LogP contribution in [0.15, 0.2) is 82.5 Å². The van der Waals surface area contributed by atoms with E-state index in [1.165, 1.54) is 12.4 Å². The first-order chi connectivity index (χ1) is 13.1. The number of benzene rings is 2. The summed E-state index contributed by atoms with van der Waals surface area (Å²) in [5.41, 5.74) is 4.68. The number of carbonyl (C=O) groups excluding carboxylic acids is 2. The molecule has 1 heterocycles. The van der Waals surface area contributed by atoms with Crippen molar-refractivity contribution in [2.75, 3.05) is 5.32 Å². The summed E-state index contributed by atoms with van der Waals surface area (Å²) in [5, 5.41) is 6.72. The number of nitrogens with zero attached hydrogens (tertiary/aromatic N) is 2. The Bertz CT molecular complexity index is 956. The number of rotatable bonds is 5. The molecule has 3 aromatic rings. The Labute approximate surface area is 164 Å². The lowest BCUT2D eigenvalue weighted by Crippen LogP contribution is -2.18. The topological polar surface area (TPSA) is 83.5 Å². The van der Waals surface area contributed by atoms with Crippen LogP contribution in [-0.4, -0.2) is 23.0 Å². The van der Waals surface area contributed by atoms with Crippen molar-refractivity contribution < 1.29 is 9.59 Å².